The minimum absolute atomic E-state index is 0.590. The van der Waals surface area contributed by atoms with E-state index in [1.165, 1.54) is 0 Å². The highest BCUT2D eigenvalue weighted by atomic mass is 16.8. The molecule has 0 amide bonds. The molecule has 0 aromatic heterocycles. The molecule has 2 rings (SSSR count). The van der Waals surface area contributed by atoms with Gasteiger partial charge in [0.2, 0.25) is 12.4 Å². The molecule has 2 saturated heterocycles. The number of hydrogen-bond donors (Lipinski definition) is 0. The second kappa shape index (κ2) is 17.5. The molecular weight excluding hydrogens is 640 g/mol. The van der Waals surface area contributed by atoms with Gasteiger partial charge < -0.3 is 52.1 Å². The van der Waals surface area contributed by atoms with Crippen molar-refractivity contribution < 1.29 is 90.5 Å². The van der Waals surface area contributed by atoms with Crippen molar-refractivity contribution in [1.82, 2.24) is 0 Å². The average Bonchev–Trinajstić information content (AvgIpc) is 2.91. The Balaban J connectivity index is 2.73. The fourth-order valence-electron chi connectivity index (χ4n) is 4.73. The Morgan fingerprint density at radius 3 is 1.11 bits per heavy atom. The molecule has 2 fully saturated rings. The molecule has 19 heteroatoms. The molecule has 0 aromatic carbocycles. The Bertz CT molecular complexity index is 1200. The molecule has 2 heterocycles. The summed E-state index contributed by atoms with van der Waals surface area (Å²) < 4.78 is 60.2. The van der Waals surface area contributed by atoms with E-state index in [1.54, 1.807) is 0 Å². The molecule has 0 radical (unpaired) electrons. The first-order valence-electron chi connectivity index (χ1n) is 14.2. The fourth-order valence-corrected chi connectivity index (χ4v) is 4.73. The summed E-state index contributed by atoms with van der Waals surface area (Å²) in [5.74, 6) is -7.02. The molecule has 2 aliphatic heterocycles. The normalized spacial score (nSPS) is 30.0. The predicted octanol–water partition coefficient (Wildman–Crippen LogP) is -0.831. The van der Waals surface area contributed by atoms with E-state index in [1.807, 2.05) is 0 Å². The molecule has 0 aliphatic carbocycles. The standard InChI is InChI=1S/C28H38O19/c1-11(29)37-9-19-21(39-13(3)31)23(40-14(4)32)26(43-17(7)35)28(46-19)47-22-20(10-38-12(2)30)45-27(44-18(8)36)25(42-16(6)34)24(22)41-15(5)33/h19-28H,9-10H2,1-8H3/t19-,20-,21+,22-,23+,24+,25-,26-,27+,28+/m1/s1. The topological polar surface area (TPSA) is 238 Å². The summed E-state index contributed by atoms with van der Waals surface area (Å²) in [7, 11) is 0. The Labute approximate surface area is 268 Å². The lowest BCUT2D eigenvalue weighted by Gasteiger charge is -2.48. The third-order valence-corrected chi connectivity index (χ3v) is 6.17. The van der Waals surface area contributed by atoms with E-state index in [0.29, 0.717) is 0 Å². The zero-order valence-corrected chi connectivity index (χ0v) is 26.9. The monoisotopic (exact) mass is 678 g/mol. The Kier molecular flexibility index (Phi) is 14.5. The number of carbonyl (C=O) groups is 8. The lowest BCUT2D eigenvalue weighted by atomic mass is 9.96. The molecule has 0 bridgehead atoms. The summed E-state index contributed by atoms with van der Waals surface area (Å²) >= 11 is 0. The van der Waals surface area contributed by atoms with Gasteiger partial charge in [-0.3, -0.25) is 38.4 Å². The van der Waals surface area contributed by atoms with E-state index in [2.05, 4.69) is 0 Å². The minimum Gasteiger partial charge on any atom is -0.463 e. The molecule has 2 aliphatic rings. The zero-order chi connectivity index (χ0) is 35.6. The van der Waals surface area contributed by atoms with Gasteiger partial charge in [0.15, 0.2) is 30.7 Å². The van der Waals surface area contributed by atoms with Crippen molar-refractivity contribution >= 4 is 47.8 Å². The largest absolute Gasteiger partial charge is 0.463 e. The molecule has 264 valence electrons. The van der Waals surface area contributed by atoms with Crippen molar-refractivity contribution in [2.24, 2.45) is 0 Å². The van der Waals surface area contributed by atoms with E-state index in [-0.39, 0.29) is 0 Å². The highest BCUT2D eigenvalue weighted by Gasteiger charge is 2.58. The molecule has 47 heavy (non-hydrogen) atoms. The Morgan fingerprint density at radius 2 is 0.702 bits per heavy atom. The number of ether oxygens (including phenoxy) is 11. The van der Waals surface area contributed by atoms with Gasteiger partial charge in [0.05, 0.1) is 0 Å². The summed E-state index contributed by atoms with van der Waals surface area (Å²) in [6, 6.07) is 0. The van der Waals surface area contributed by atoms with Crippen molar-refractivity contribution in [3.63, 3.8) is 0 Å². The quantitative estimate of drug-likeness (QED) is 0.181. The van der Waals surface area contributed by atoms with Crippen molar-refractivity contribution in [2.75, 3.05) is 13.2 Å². The van der Waals surface area contributed by atoms with Crippen LogP contribution >= 0.6 is 0 Å². The maximum Gasteiger partial charge on any atom is 0.305 e. The van der Waals surface area contributed by atoms with E-state index < -0.39 is 122 Å². The number of carbonyl (C=O) groups excluding carboxylic acids is 8. The summed E-state index contributed by atoms with van der Waals surface area (Å²) in [6.07, 6.45) is -16.3. The van der Waals surface area contributed by atoms with E-state index >= 15 is 0 Å². The first-order chi connectivity index (χ1) is 21.9. The van der Waals surface area contributed by atoms with Gasteiger partial charge in [-0.2, -0.15) is 0 Å². The second-order valence-electron chi connectivity index (χ2n) is 10.3. The third-order valence-electron chi connectivity index (χ3n) is 6.17. The van der Waals surface area contributed by atoms with Crippen LogP contribution in [0.5, 0.6) is 0 Å². The second-order valence-corrected chi connectivity index (χ2v) is 10.3. The van der Waals surface area contributed by atoms with Gasteiger partial charge in [0.25, 0.3) is 0 Å². The zero-order valence-electron chi connectivity index (χ0n) is 26.9. The van der Waals surface area contributed by atoms with Crippen LogP contribution in [0.25, 0.3) is 0 Å². The number of esters is 8. The highest BCUT2D eigenvalue weighted by molar-refractivity contribution is 5.70. The molecule has 0 unspecified atom stereocenters. The Hall–Kier alpha value is -4.36. The van der Waals surface area contributed by atoms with Crippen molar-refractivity contribution in [2.45, 2.75) is 117 Å². The van der Waals surface area contributed by atoms with Gasteiger partial charge in [0, 0.05) is 55.4 Å². The average molecular weight is 679 g/mol. The van der Waals surface area contributed by atoms with Crippen LogP contribution in [-0.4, -0.2) is 122 Å². The highest BCUT2D eigenvalue weighted by Crippen LogP contribution is 2.35. The predicted molar refractivity (Wildman–Crippen MR) is 145 cm³/mol. The van der Waals surface area contributed by atoms with E-state index in [0.717, 1.165) is 55.4 Å². The van der Waals surface area contributed by atoms with Gasteiger partial charge in [0.1, 0.15) is 31.5 Å². The van der Waals surface area contributed by atoms with Crippen molar-refractivity contribution in [3.8, 4) is 0 Å². The lowest BCUT2D eigenvalue weighted by Crippen LogP contribution is -2.67. The maximum atomic E-state index is 12.3. The van der Waals surface area contributed by atoms with Gasteiger partial charge in [-0.1, -0.05) is 0 Å². The third kappa shape index (κ3) is 12.1. The summed E-state index contributed by atoms with van der Waals surface area (Å²) in [4.78, 5) is 96.3. The van der Waals surface area contributed by atoms with E-state index in [4.69, 9.17) is 52.1 Å². The molecular formula is C28H38O19. The maximum absolute atomic E-state index is 12.3. The summed E-state index contributed by atoms with van der Waals surface area (Å²) in [6.45, 7) is 7.05. The first-order valence-corrected chi connectivity index (χ1v) is 14.2. The number of rotatable bonds is 12. The first kappa shape index (κ1) is 38.8. The van der Waals surface area contributed by atoms with Crippen LogP contribution in [0, 0.1) is 0 Å². The van der Waals surface area contributed by atoms with Crippen LogP contribution in [0.3, 0.4) is 0 Å². The van der Waals surface area contributed by atoms with Crippen LogP contribution in [0.2, 0.25) is 0 Å². The van der Waals surface area contributed by atoms with Crippen LogP contribution in [0.15, 0.2) is 0 Å². The van der Waals surface area contributed by atoms with Crippen molar-refractivity contribution in [1.29, 1.82) is 0 Å². The van der Waals surface area contributed by atoms with Crippen LogP contribution in [0.1, 0.15) is 55.4 Å². The van der Waals surface area contributed by atoms with Crippen LogP contribution < -0.4 is 0 Å². The molecule has 0 N–H and O–H groups in total. The molecule has 0 spiro atoms. The molecule has 19 nitrogen and oxygen atoms in total. The SMILES string of the molecule is CC(=O)OC[C@H]1O[C@@H](O[C@H]2[C@H](OC(C)=O)[C@@H](OC(C)=O)[C@@H](OC(C)=O)O[C@@H]2COC(C)=O)[C@H](OC(C)=O)[C@@H](OC(C)=O)[C@H]1OC(C)=O. The Morgan fingerprint density at radius 1 is 0.383 bits per heavy atom. The number of hydrogen-bond acceptors (Lipinski definition) is 19. The lowest BCUT2D eigenvalue weighted by molar-refractivity contribution is -0.357. The smallest absolute Gasteiger partial charge is 0.305 e. The van der Waals surface area contributed by atoms with Gasteiger partial charge >= 0.3 is 47.8 Å². The minimum atomic E-state index is -1.83. The molecule has 0 saturated carbocycles. The molecule has 0 aromatic rings. The van der Waals surface area contributed by atoms with Gasteiger partial charge in [-0.15, -0.1) is 0 Å². The van der Waals surface area contributed by atoms with Gasteiger partial charge in [-0.05, 0) is 0 Å². The van der Waals surface area contributed by atoms with Gasteiger partial charge in [-0.25, -0.2) is 0 Å². The summed E-state index contributed by atoms with van der Waals surface area (Å²) in [5.41, 5.74) is 0. The van der Waals surface area contributed by atoms with E-state index in [9.17, 15) is 38.4 Å². The van der Waals surface area contributed by atoms with Crippen LogP contribution in [-0.2, 0) is 90.5 Å². The molecule has 10 atom stereocenters. The summed E-state index contributed by atoms with van der Waals surface area (Å²) in [5, 5.41) is 0. The van der Waals surface area contributed by atoms with Crippen molar-refractivity contribution in [3.05, 3.63) is 0 Å². The van der Waals surface area contributed by atoms with Crippen LogP contribution in [0.4, 0.5) is 0 Å². The fraction of sp³-hybridized carbons (Fsp3) is 0.714.